The van der Waals surface area contributed by atoms with Gasteiger partial charge in [-0.3, -0.25) is 0 Å². The maximum Gasteiger partial charge on any atom is 0.224 e. The number of aliphatic hydroxyl groups excluding tert-OH is 4. The maximum absolute atomic E-state index is 10.8. The lowest BCUT2D eigenvalue weighted by molar-refractivity contribution is -0.366. The van der Waals surface area contributed by atoms with Gasteiger partial charge in [-0.05, 0) is 85.1 Å². The number of aliphatic hydroxyl groups is 4. The summed E-state index contributed by atoms with van der Waals surface area (Å²) in [4.78, 5) is 0. The fraction of sp³-hybridized carbons (Fsp3) is 0.571. The lowest BCUT2D eigenvalue weighted by Crippen LogP contribution is -2.64. The van der Waals surface area contributed by atoms with Gasteiger partial charge >= 0.3 is 0 Å². The molecule has 4 N–H and O–H groups in total. The van der Waals surface area contributed by atoms with Crippen molar-refractivity contribution in [3.63, 3.8) is 0 Å². The third-order valence-electron chi connectivity index (χ3n) is 8.55. The topological polar surface area (TPSA) is 99.4 Å². The third kappa shape index (κ3) is 4.66. The van der Waals surface area contributed by atoms with Crippen molar-refractivity contribution in [2.24, 2.45) is 5.41 Å². The molecule has 0 radical (unpaired) electrons. The zero-order valence-electron chi connectivity index (χ0n) is 20.1. The molecule has 3 fully saturated rings. The van der Waals surface area contributed by atoms with E-state index in [1.807, 2.05) is 0 Å². The van der Waals surface area contributed by atoms with Crippen LogP contribution in [0.4, 0.5) is 0 Å². The summed E-state index contributed by atoms with van der Waals surface area (Å²) in [6.07, 6.45) is 3.03. The van der Waals surface area contributed by atoms with Gasteiger partial charge in [0, 0.05) is 17.7 Å². The highest BCUT2D eigenvalue weighted by molar-refractivity contribution is 6.31. The molecule has 35 heavy (non-hydrogen) atoms. The second-order valence-corrected chi connectivity index (χ2v) is 11.0. The molecule has 0 aromatic heterocycles. The molecule has 1 spiro atoms. The van der Waals surface area contributed by atoms with Crippen molar-refractivity contribution in [3.8, 4) is 0 Å². The molecule has 5 rings (SSSR count). The summed E-state index contributed by atoms with van der Waals surface area (Å²) in [5.41, 5.74) is 4.48. The van der Waals surface area contributed by atoms with Gasteiger partial charge in [0.15, 0.2) is 0 Å². The molecule has 1 unspecified atom stereocenters. The van der Waals surface area contributed by atoms with Crippen molar-refractivity contribution in [1.82, 2.24) is 0 Å². The molecule has 190 valence electrons. The van der Waals surface area contributed by atoms with E-state index in [2.05, 4.69) is 24.3 Å². The molecule has 3 aliphatic rings. The van der Waals surface area contributed by atoms with E-state index in [1.54, 1.807) is 18.2 Å². The molecule has 0 amide bonds. The lowest BCUT2D eigenvalue weighted by atomic mass is 9.77. The van der Waals surface area contributed by atoms with E-state index in [-0.39, 0.29) is 0 Å². The van der Waals surface area contributed by atoms with Gasteiger partial charge in [-0.15, -0.1) is 0 Å². The Labute approximate surface area is 211 Å². The first-order valence-corrected chi connectivity index (χ1v) is 12.9. The molecule has 2 aromatic rings. The van der Waals surface area contributed by atoms with Crippen molar-refractivity contribution >= 4 is 11.6 Å². The zero-order valence-corrected chi connectivity index (χ0v) is 20.8. The van der Waals surface area contributed by atoms with E-state index in [9.17, 15) is 20.4 Å². The number of halogens is 1. The molecule has 7 heteroatoms. The third-order valence-corrected chi connectivity index (χ3v) is 8.92. The molecule has 1 saturated heterocycles. The molecule has 1 heterocycles. The largest absolute Gasteiger partial charge is 0.394 e. The van der Waals surface area contributed by atoms with Crippen LogP contribution in [0.1, 0.15) is 66.7 Å². The first-order valence-electron chi connectivity index (χ1n) is 12.6. The highest BCUT2D eigenvalue weighted by atomic mass is 35.5. The summed E-state index contributed by atoms with van der Waals surface area (Å²) in [7, 11) is 1.35. The summed E-state index contributed by atoms with van der Waals surface area (Å²) < 4.78 is 11.4. The van der Waals surface area contributed by atoms with Crippen LogP contribution in [-0.2, 0) is 21.7 Å². The normalized spacial score (nSPS) is 32.6. The van der Waals surface area contributed by atoms with Crippen molar-refractivity contribution in [1.29, 1.82) is 0 Å². The Bertz CT molecular complexity index is 1030. The first-order chi connectivity index (χ1) is 16.8. The second kappa shape index (κ2) is 9.75. The fourth-order valence-corrected chi connectivity index (χ4v) is 6.15. The summed E-state index contributed by atoms with van der Waals surface area (Å²) in [6, 6.07) is 13.9. The van der Waals surface area contributed by atoms with Crippen molar-refractivity contribution in [3.05, 3.63) is 69.7 Å². The number of ether oxygens (including phenoxy) is 2. The maximum atomic E-state index is 10.8. The molecule has 0 bridgehead atoms. The van der Waals surface area contributed by atoms with E-state index in [4.69, 9.17) is 21.1 Å². The van der Waals surface area contributed by atoms with Gasteiger partial charge < -0.3 is 29.9 Å². The highest BCUT2D eigenvalue weighted by Crippen LogP contribution is 2.58. The van der Waals surface area contributed by atoms with Crippen LogP contribution in [-0.4, -0.2) is 58.6 Å². The van der Waals surface area contributed by atoms with Crippen LogP contribution >= 0.6 is 11.6 Å². The Morgan fingerprint density at radius 1 is 0.971 bits per heavy atom. The summed E-state index contributed by atoms with van der Waals surface area (Å²) in [6.45, 7) is -0.537. The second-order valence-electron chi connectivity index (χ2n) is 10.6. The van der Waals surface area contributed by atoms with Gasteiger partial charge in [-0.25, -0.2) is 0 Å². The van der Waals surface area contributed by atoms with E-state index in [0.29, 0.717) is 28.3 Å². The Kier molecular flexibility index (Phi) is 7.01. The minimum Gasteiger partial charge on any atom is -0.394 e. The summed E-state index contributed by atoms with van der Waals surface area (Å²) in [5.74, 6) is -1.11. The van der Waals surface area contributed by atoms with Crippen molar-refractivity contribution < 1.29 is 29.9 Å². The van der Waals surface area contributed by atoms with E-state index >= 15 is 0 Å². The molecule has 6 nitrogen and oxygen atoms in total. The van der Waals surface area contributed by atoms with Crippen LogP contribution in [0.3, 0.4) is 0 Å². The summed E-state index contributed by atoms with van der Waals surface area (Å²) >= 11 is 6.53. The predicted octanol–water partition coefficient (Wildman–Crippen LogP) is 3.64. The average Bonchev–Trinajstić information content (AvgIpc) is 3.64. The van der Waals surface area contributed by atoms with Gasteiger partial charge in [0.2, 0.25) is 5.79 Å². The molecular formula is C28H35ClO6. The number of hydrogen-bond donors (Lipinski definition) is 4. The Balaban J connectivity index is 1.35. The average molecular weight is 503 g/mol. The van der Waals surface area contributed by atoms with Gasteiger partial charge in [-0.1, -0.05) is 41.9 Å². The van der Waals surface area contributed by atoms with Gasteiger partial charge in [0.1, 0.15) is 24.4 Å². The minimum atomic E-state index is -1.75. The standard InChI is InChI=1S/C28H35ClO6/c1-34-28(26(33)25(32)24(31)23(16-30)35-28)21-6-7-22(29)20(15-21)14-17-2-4-18(5-3-17)19-8-10-27(11-9-19)12-13-27/h2-7,15,19,23-26,30-33H,8-14,16H2,1H3/t23-,24-,25+,26-,28?/m1/s1. The molecule has 2 aliphatic carbocycles. The molecule has 5 atom stereocenters. The SMILES string of the molecule is COC1(c2ccc(Cl)c(Cc3ccc(C4CCC5(CC4)CC5)cc3)c2)O[C@H](CO)[C@@H](O)[C@H](O)[C@H]1O. The van der Waals surface area contributed by atoms with Crippen LogP contribution in [0.15, 0.2) is 42.5 Å². The van der Waals surface area contributed by atoms with Crippen LogP contribution in [0.2, 0.25) is 5.02 Å². The minimum absolute atomic E-state index is 0.448. The number of methoxy groups -OCH3 is 1. The smallest absolute Gasteiger partial charge is 0.224 e. The molecule has 2 aromatic carbocycles. The molecule has 1 aliphatic heterocycles. The van der Waals surface area contributed by atoms with Crippen LogP contribution in [0.25, 0.3) is 0 Å². The Hall–Kier alpha value is -1.51. The number of rotatable bonds is 6. The van der Waals surface area contributed by atoms with Crippen molar-refractivity contribution in [2.45, 2.75) is 81.1 Å². The van der Waals surface area contributed by atoms with Gasteiger partial charge in [0.25, 0.3) is 0 Å². The lowest BCUT2D eigenvalue weighted by Gasteiger charge is -2.47. The first kappa shape index (κ1) is 25.2. The highest BCUT2D eigenvalue weighted by Gasteiger charge is 2.55. The van der Waals surface area contributed by atoms with Crippen LogP contribution in [0.5, 0.6) is 0 Å². The zero-order chi connectivity index (χ0) is 24.8. The monoisotopic (exact) mass is 502 g/mol. The number of benzene rings is 2. The summed E-state index contributed by atoms with van der Waals surface area (Å²) in [5, 5.41) is 41.5. The molecule has 2 saturated carbocycles. The van der Waals surface area contributed by atoms with Crippen LogP contribution in [0, 0.1) is 5.41 Å². The quantitative estimate of drug-likeness (QED) is 0.481. The Morgan fingerprint density at radius 2 is 1.66 bits per heavy atom. The molecular weight excluding hydrogens is 468 g/mol. The van der Waals surface area contributed by atoms with E-state index < -0.39 is 36.8 Å². The number of hydrogen-bond acceptors (Lipinski definition) is 6. The van der Waals surface area contributed by atoms with Crippen molar-refractivity contribution in [2.75, 3.05) is 13.7 Å². The van der Waals surface area contributed by atoms with Crippen LogP contribution < -0.4 is 0 Å². The predicted molar refractivity (Wildman–Crippen MR) is 132 cm³/mol. The van der Waals surface area contributed by atoms with Gasteiger partial charge in [-0.2, -0.15) is 0 Å². The van der Waals surface area contributed by atoms with E-state index in [0.717, 1.165) is 11.1 Å². The fourth-order valence-electron chi connectivity index (χ4n) is 5.96. The van der Waals surface area contributed by atoms with Gasteiger partial charge in [0.05, 0.1) is 6.61 Å². The van der Waals surface area contributed by atoms with E-state index in [1.165, 1.54) is 51.2 Å². The Morgan fingerprint density at radius 3 is 2.26 bits per heavy atom.